The molecule has 4 nitrogen and oxygen atoms in total. The predicted molar refractivity (Wildman–Crippen MR) is 87.8 cm³/mol. The van der Waals surface area contributed by atoms with E-state index < -0.39 is 0 Å². The van der Waals surface area contributed by atoms with Gasteiger partial charge in [0.05, 0.1) is 16.3 Å². The van der Waals surface area contributed by atoms with Gasteiger partial charge in [0.1, 0.15) is 0 Å². The van der Waals surface area contributed by atoms with Gasteiger partial charge in [0.2, 0.25) is 0 Å². The number of benzene rings is 2. The molecule has 0 aromatic heterocycles. The van der Waals surface area contributed by atoms with E-state index in [1.54, 1.807) is 6.07 Å². The number of amidine groups is 1. The number of aryl methyl sites for hydroxylation is 1. The van der Waals surface area contributed by atoms with Gasteiger partial charge in [-0.25, -0.2) is 0 Å². The summed E-state index contributed by atoms with van der Waals surface area (Å²) in [6, 6.07) is 13.6. The Bertz CT molecular complexity index is 670. The predicted octanol–water partition coefficient (Wildman–Crippen LogP) is 3.90. The number of hydrogen-bond acceptors (Lipinski definition) is 3. The molecule has 110 valence electrons. The van der Waals surface area contributed by atoms with Gasteiger partial charge in [0.15, 0.2) is 5.84 Å². The molecular weight excluding hydrogens is 286 g/mol. The second-order valence-electron chi connectivity index (χ2n) is 4.65. The maximum Gasteiger partial charge on any atom is 0.173 e. The molecule has 0 radical (unpaired) electrons. The van der Waals surface area contributed by atoms with Crippen LogP contribution in [0.5, 0.6) is 0 Å². The molecule has 0 atom stereocenters. The maximum absolute atomic E-state index is 9.00. The van der Waals surface area contributed by atoms with Gasteiger partial charge < -0.3 is 15.8 Å². The molecule has 3 N–H and O–H groups in total. The summed E-state index contributed by atoms with van der Waals surface area (Å²) in [5.41, 5.74) is 9.35. The van der Waals surface area contributed by atoms with Gasteiger partial charge in [-0.1, -0.05) is 41.0 Å². The van der Waals surface area contributed by atoms with E-state index in [2.05, 4.69) is 10.1 Å². The van der Waals surface area contributed by atoms with Crippen LogP contribution >= 0.6 is 11.6 Å². The quantitative estimate of drug-likeness (QED) is 0.390. The summed E-state index contributed by atoms with van der Waals surface area (Å²) < 4.78 is 0. The zero-order valence-electron chi connectivity index (χ0n) is 12.0. The second kappa shape index (κ2) is 6.50. The number of nitrogens with zero attached hydrogens (tertiary/aromatic N) is 2. The first-order chi connectivity index (χ1) is 10.1. The third kappa shape index (κ3) is 2.95. The van der Waals surface area contributed by atoms with Crippen LogP contribution in [-0.4, -0.2) is 17.6 Å². The van der Waals surface area contributed by atoms with Gasteiger partial charge in [-0.05, 0) is 37.6 Å². The highest BCUT2D eigenvalue weighted by Crippen LogP contribution is 2.33. The molecule has 21 heavy (non-hydrogen) atoms. The molecule has 5 heteroatoms. The first-order valence-electron chi connectivity index (χ1n) is 6.69. The van der Waals surface area contributed by atoms with Crippen LogP contribution in [0, 0.1) is 6.92 Å². The molecule has 0 unspecified atom stereocenters. The summed E-state index contributed by atoms with van der Waals surface area (Å²) in [4.78, 5) is 2.09. The van der Waals surface area contributed by atoms with E-state index >= 15 is 0 Å². The summed E-state index contributed by atoms with van der Waals surface area (Å²) in [6.07, 6.45) is 0. The topological polar surface area (TPSA) is 61.8 Å². The maximum atomic E-state index is 9.00. The smallest absolute Gasteiger partial charge is 0.173 e. The third-order valence-corrected chi connectivity index (χ3v) is 3.68. The number of anilines is 2. The van der Waals surface area contributed by atoms with Gasteiger partial charge in [-0.2, -0.15) is 0 Å². The summed E-state index contributed by atoms with van der Waals surface area (Å²) in [5.74, 6) is 0.00244. The first kappa shape index (κ1) is 15.2. The van der Waals surface area contributed by atoms with Crippen molar-refractivity contribution in [2.24, 2.45) is 10.9 Å². The number of halogens is 1. The molecule has 0 saturated carbocycles. The van der Waals surface area contributed by atoms with Crippen molar-refractivity contribution in [2.45, 2.75) is 13.8 Å². The SMILES string of the molecule is CCN(c1ccccc1C)c1cccc(Cl)c1C(N)=NO. The fourth-order valence-electron chi connectivity index (χ4n) is 2.38. The van der Waals surface area contributed by atoms with Crippen LogP contribution < -0.4 is 10.6 Å². The van der Waals surface area contributed by atoms with Crippen molar-refractivity contribution in [3.05, 3.63) is 58.6 Å². The Morgan fingerprint density at radius 3 is 2.48 bits per heavy atom. The summed E-state index contributed by atoms with van der Waals surface area (Å²) >= 11 is 6.23. The zero-order chi connectivity index (χ0) is 15.4. The Labute approximate surface area is 129 Å². The number of rotatable bonds is 4. The molecule has 0 heterocycles. The molecular formula is C16H18ClN3O. The lowest BCUT2D eigenvalue weighted by atomic mass is 10.1. The van der Waals surface area contributed by atoms with Gasteiger partial charge in [0, 0.05) is 12.2 Å². The summed E-state index contributed by atoms with van der Waals surface area (Å²) in [6.45, 7) is 4.83. The van der Waals surface area contributed by atoms with Gasteiger partial charge in [-0.15, -0.1) is 0 Å². The minimum Gasteiger partial charge on any atom is -0.409 e. The van der Waals surface area contributed by atoms with E-state index in [0.29, 0.717) is 10.6 Å². The fraction of sp³-hybridized carbons (Fsp3) is 0.188. The molecule has 2 aromatic carbocycles. The normalized spacial score (nSPS) is 11.5. The molecule has 0 bridgehead atoms. The second-order valence-corrected chi connectivity index (χ2v) is 5.06. The van der Waals surface area contributed by atoms with Gasteiger partial charge in [0.25, 0.3) is 0 Å². The highest BCUT2D eigenvalue weighted by atomic mass is 35.5. The van der Waals surface area contributed by atoms with Crippen molar-refractivity contribution in [3.8, 4) is 0 Å². The lowest BCUT2D eigenvalue weighted by Crippen LogP contribution is -2.23. The van der Waals surface area contributed by atoms with E-state index in [1.165, 1.54) is 0 Å². The Balaban J connectivity index is 2.64. The first-order valence-corrected chi connectivity index (χ1v) is 7.07. The van der Waals surface area contributed by atoms with Crippen LogP contribution in [0.25, 0.3) is 0 Å². The highest BCUT2D eigenvalue weighted by molar-refractivity contribution is 6.35. The van der Waals surface area contributed by atoms with Crippen molar-refractivity contribution in [1.82, 2.24) is 0 Å². The number of nitrogens with two attached hydrogens (primary N) is 1. The van der Waals surface area contributed by atoms with Crippen LogP contribution in [0.15, 0.2) is 47.6 Å². The fourth-order valence-corrected chi connectivity index (χ4v) is 2.64. The monoisotopic (exact) mass is 303 g/mol. The molecule has 0 aliphatic carbocycles. The third-order valence-electron chi connectivity index (χ3n) is 3.37. The van der Waals surface area contributed by atoms with Gasteiger partial charge >= 0.3 is 0 Å². The lowest BCUT2D eigenvalue weighted by molar-refractivity contribution is 0.318. The van der Waals surface area contributed by atoms with E-state index in [-0.39, 0.29) is 5.84 Å². The zero-order valence-corrected chi connectivity index (χ0v) is 12.8. The van der Waals surface area contributed by atoms with Crippen LogP contribution in [-0.2, 0) is 0 Å². The van der Waals surface area contributed by atoms with Crippen LogP contribution in [0.2, 0.25) is 5.02 Å². The number of oxime groups is 1. The Hall–Kier alpha value is -2.20. The van der Waals surface area contributed by atoms with Crippen molar-refractivity contribution < 1.29 is 5.21 Å². The molecule has 0 saturated heterocycles. The number of para-hydroxylation sites is 1. The van der Waals surface area contributed by atoms with Crippen molar-refractivity contribution in [3.63, 3.8) is 0 Å². The minimum absolute atomic E-state index is 0.00244. The van der Waals surface area contributed by atoms with E-state index in [0.717, 1.165) is 23.5 Å². The Kier molecular flexibility index (Phi) is 4.70. The summed E-state index contributed by atoms with van der Waals surface area (Å²) in [5, 5.41) is 12.6. The van der Waals surface area contributed by atoms with Gasteiger partial charge in [-0.3, -0.25) is 0 Å². The van der Waals surface area contributed by atoms with E-state index in [4.69, 9.17) is 22.5 Å². The molecule has 2 rings (SSSR count). The summed E-state index contributed by atoms with van der Waals surface area (Å²) in [7, 11) is 0. The van der Waals surface area contributed by atoms with Crippen LogP contribution in [0.3, 0.4) is 0 Å². The molecule has 0 amide bonds. The average molecular weight is 304 g/mol. The standard InChI is InChI=1S/C16H18ClN3O/c1-3-20(13-9-5-4-7-11(13)2)14-10-6-8-12(17)15(14)16(18)19-21/h4-10,21H,3H2,1-2H3,(H2,18,19). The van der Waals surface area contributed by atoms with Crippen LogP contribution in [0.1, 0.15) is 18.1 Å². The lowest BCUT2D eigenvalue weighted by Gasteiger charge is -2.27. The molecule has 0 aliphatic heterocycles. The van der Waals surface area contributed by atoms with E-state index in [1.807, 2.05) is 50.2 Å². The highest BCUT2D eigenvalue weighted by Gasteiger charge is 2.18. The Morgan fingerprint density at radius 1 is 1.19 bits per heavy atom. The average Bonchev–Trinajstić information content (AvgIpc) is 2.49. The van der Waals surface area contributed by atoms with Crippen LogP contribution in [0.4, 0.5) is 11.4 Å². The minimum atomic E-state index is 0.00244. The van der Waals surface area contributed by atoms with Crippen molar-refractivity contribution in [1.29, 1.82) is 0 Å². The van der Waals surface area contributed by atoms with Crippen molar-refractivity contribution >= 4 is 28.8 Å². The molecule has 2 aromatic rings. The van der Waals surface area contributed by atoms with E-state index in [9.17, 15) is 0 Å². The molecule has 0 fully saturated rings. The number of hydrogen-bond donors (Lipinski definition) is 2. The molecule has 0 spiro atoms. The van der Waals surface area contributed by atoms with Crippen molar-refractivity contribution in [2.75, 3.05) is 11.4 Å². The Morgan fingerprint density at radius 2 is 1.86 bits per heavy atom. The molecule has 0 aliphatic rings. The largest absolute Gasteiger partial charge is 0.409 e.